The first-order chi connectivity index (χ1) is 10.6. The molecule has 3 nitrogen and oxygen atoms in total. The van der Waals surface area contributed by atoms with Crippen LogP contribution in [0.25, 0.3) is 0 Å². The lowest BCUT2D eigenvalue weighted by Crippen LogP contribution is -2.23. The zero-order valence-corrected chi connectivity index (χ0v) is 13.9. The standard InChI is InChI=1S/C19H28N2O/c1-15-12-16(2)14-18(13-15)21-19(22)9-11-20-10-8-17-6-4-3-5-7-17/h6,12-14,20H,3-5,7-11H2,1-2H3,(H,21,22). The van der Waals surface area contributed by atoms with Crippen molar-refractivity contribution in [2.45, 2.75) is 52.4 Å². The molecule has 1 aromatic rings. The monoisotopic (exact) mass is 300 g/mol. The largest absolute Gasteiger partial charge is 0.326 e. The molecule has 3 heteroatoms. The smallest absolute Gasteiger partial charge is 0.225 e. The number of hydrogen-bond donors (Lipinski definition) is 2. The normalized spacial score (nSPS) is 14.5. The molecule has 0 aliphatic heterocycles. The number of benzene rings is 1. The molecule has 0 saturated heterocycles. The molecule has 0 heterocycles. The third-order valence-electron chi connectivity index (χ3n) is 4.04. The van der Waals surface area contributed by atoms with Crippen molar-refractivity contribution >= 4 is 11.6 Å². The first-order valence-corrected chi connectivity index (χ1v) is 8.40. The molecule has 120 valence electrons. The number of nitrogens with one attached hydrogen (secondary N) is 2. The molecule has 0 unspecified atom stereocenters. The maximum atomic E-state index is 11.9. The topological polar surface area (TPSA) is 41.1 Å². The van der Waals surface area contributed by atoms with E-state index in [1.165, 1.54) is 36.8 Å². The highest BCUT2D eigenvalue weighted by Gasteiger charge is 2.05. The second-order valence-electron chi connectivity index (χ2n) is 6.28. The molecular formula is C19H28N2O. The average molecular weight is 300 g/mol. The molecule has 2 rings (SSSR count). The number of carbonyl (C=O) groups excluding carboxylic acids is 1. The number of rotatable bonds is 7. The molecule has 0 saturated carbocycles. The van der Waals surface area contributed by atoms with Crippen LogP contribution in [0.4, 0.5) is 5.69 Å². The molecule has 0 fully saturated rings. The van der Waals surface area contributed by atoms with Gasteiger partial charge in [-0.2, -0.15) is 0 Å². The molecule has 1 aromatic carbocycles. The van der Waals surface area contributed by atoms with Gasteiger partial charge in [-0.15, -0.1) is 0 Å². The van der Waals surface area contributed by atoms with E-state index in [2.05, 4.69) is 22.8 Å². The van der Waals surface area contributed by atoms with Gasteiger partial charge in [0.15, 0.2) is 0 Å². The van der Waals surface area contributed by atoms with Crippen molar-refractivity contribution in [3.63, 3.8) is 0 Å². The van der Waals surface area contributed by atoms with E-state index < -0.39 is 0 Å². The number of allylic oxidation sites excluding steroid dienone is 1. The molecule has 1 amide bonds. The van der Waals surface area contributed by atoms with E-state index in [1.807, 2.05) is 26.0 Å². The molecule has 0 bridgehead atoms. The number of aryl methyl sites for hydroxylation is 2. The van der Waals surface area contributed by atoms with Gasteiger partial charge in [0.05, 0.1) is 0 Å². The van der Waals surface area contributed by atoms with Gasteiger partial charge in [-0.05, 0) is 75.8 Å². The van der Waals surface area contributed by atoms with E-state index in [4.69, 9.17) is 0 Å². The van der Waals surface area contributed by atoms with E-state index in [0.29, 0.717) is 6.42 Å². The number of amides is 1. The fourth-order valence-corrected chi connectivity index (χ4v) is 2.98. The molecule has 0 atom stereocenters. The minimum absolute atomic E-state index is 0.0781. The van der Waals surface area contributed by atoms with Crippen LogP contribution < -0.4 is 10.6 Å². The Labute approximate surface area is 134 Å². The van der Waals surface area contributed by atoms with Gasteiger partial charge in [-0.3, -0.25) is 4.79 Å². The second kappa shape index (κ2) is 8.74. The lowest BCUT2D eigenvalue weighted by Gasteiger charge is -2.13. The highest BCUT2D eigenvalue weighted by atomic mass is 16.1. The molecule has 2 N–H and O–H groups in total. The van der Waals surface area contributed by atoms with Gasteiger partial charge >= 0.3 is 0 Å². The second-order valence-corrected chi connectivity index (χ2v) is 6.28. The Morgan fingerprint density at radius 3 is 2.55 bits per heavy atom. The van der Waals surface area contributed by atoms with Crippen molar-refractivity contribution in [1.82, 2.24) is 5.32 Å². The van der Waals surface area contributed by atoms with Gasteiger partial charge in [0, 0.05) is 18.7 Å². The summed E-state index contributed by atoms with van der Waals surface area (Å²) >= 11 is 0. The third kappa shape index (κ3) is 6.02. The summed E-state index contributed by atoms with van der Waals surface area (Å²) in [5.41, 5.74) is 4.83. The van der Waals surface area contributed by atoms with Crippen molar-refractivity contribution < 1.29 is 4.79 Å². The summed E-state index contributed by atoms with van der Waals surface area (Å²) in [6, 6.07) is 6.12. The van der Waals surface area contributed by atoms with Crippen LogP contribution in [-0.4, -0.2) is 19.0 Å². The molecule has 0 spiro atoms. The lowest BCUT2D eigenvalue weighted by atomic mass is 9.97. The van der Waals surface area contributed by atoms with Gasteiger partial charge in [0.25, 0.3) is 0 Å². The SMILES string of the molecule is Cc1cc(C)cc(NC(=O)CCNCCC2=CCCCC2)c1. The third-order valence-corrected chi connectivity index (χ3v) is 4.04. The van der Waals surface area contributed by atoms with Gasteiger partial charge in [0.1, 0.15) is 0 Å². The highest BCUT2D eigenvalue weighted by molar-refractivity contribution is 5.91. The first-order valence-electron chi connectivity index (χ1n) is 8.40. The van der Waals surface area contributed by atoms with Crippen LogP contribution in [0.15, 0.2) is 29.8 Å². The summed E-state index contributed by atoms with van der Waals surface area (Å²) in [5, 5.41) is 6.34. The van der Waals surface area contributed by atoms with Crippen molar-refractivity contribution in [3.8, 4) is 0 Å². The van der Waals surface area contributed by atoms with Gasteiger partial charge in [-0.1, -0.05) is 17.7 Å². The average Bonchev–Trinajstić information content (AvgIpc) is 2.47. The maximum absolute atomic E-state index is 11.9. The summed E-state index contributed by atoms with van der Waals surface area (Å²) < 4.78 is 0. The van der Waals surface area contributed by atoms with E-state index in [0.717, 1.165) is 25.2 Å². The van der Waals surface area contributed by atoms with Crippen LogP contribution >= 0.6 is 0 Å². The molecule has 0 radical (unpaired) electrons. The Hall–Kier alpha value is -1.61. The Kier molecular flexibility index (Phi) is 6.66. The zero-order chi connectivity index (χ0) is 15.8. The lowest BCUT2D eigenvalue weighted by molar-refractivity contribution is -0.116. The van der Waals surface area contributed by atoms with Crippen molar-refractivity contribution in [2.24, 2.45) is 0 Å². The summed E-state index contributed by atoms with van der Waals surface area (Å²) in [7, 11) is 0. The quantitative estimate of drug-likeness (QED) is 0.587. The number of anilines is 1. The molecule has 0 aromatic heterocycles. The zero-order valence-electron chi connectivity index (χ0n) is 13.9. The molecule has 22 heavy (non-hydrogen) atoms. The summed E-state index contributed by atoms with van der Waals surface area (Å²) in [4.78, 5) is 11.9. The van der Waals surface area contributed by atoms with E-state index in [9.17, 15) is 4.79 Å². The van der Waals surface area contributed by atoms with Crippen LogP contribution in [0.1, 0.15) is 49.7 Å². The van der Waals surface area contributed by atoms with Crippen molar-refractivity contribution in [2.75, 3.05) is 18.4 Å². The van der Waals surface area contributed by atoms with Gasteiger partial charge in [0.2, 0.25) is 5.91 Å². The Balaban J connectivity index is 1.62. The van der Waals surface area contributed by atoms with Gasteiger partial charge < -0.3 is 10.6 Å². The van der Waals surface area contributed by atoms with Crippen LogP contribution in [0, 0.1) is 13.8 Å². The van der Waals surface area contributed by atoms with Crippen molar-refractivity contribution in [3.05, 3.63) is 41.0 Å². The van der Waals surface area contributed by atoms with Gasteiger partial charge in [-0.25, -0.2) is 0 Å². The first kappa shape index (κ1) is 16.8. The predicted molar refractivity (Wildman–Crippen MR) is 93.2 cm³/mol. The van der Waals surface area contributed by atoms with Crippen LogP contribution in [-0.2, 0) is 4.79 Å². The van der Waals surface area contributed by atoms with E-state index in [-0.39, 0.29) is 5.91 Å². The van der Waals surface area contributed by atoms with E-state index in [1.54, 1.807) is 5.57 Å². The van der Waals surface area contributed by atoms with E-state index >= 15 is 0 Å². The minimum atomic E-state index is 0.0781. The summed E-state index contributed by atoms with van der Waals surface area (Å²) in [6.07, 6.45) is 9.21. The highest BCUT2D eigenvalue weighted by Crippen LogP contribution is 2.19. The van der Waals surface area contributed by atoms with Crippen molar-refractivity contribution in [1.29, 1.82) is 0 Å². The number of hydrogen-bond acceptors (Lipinski definition) is 2. The molecule has 1 aliphatic carbocycles. The maximum Gasteiger partial charge on any atom is 0.225 e. The summed E-state index contributed by atoms with van der Waals surface area (Å²) in [5.74, 6) is 0.0781. The number of carbonyl (C=O) groups is 1. The Morgan fingerprint density at radius 2 is 1.86 bits per heavy atom. The van der Waals surface area contributed by atoms with Crippen LogP contribution in [0.3, 0.4) is 0 Å². The van der Waals surface area contributed by atoms with Crippen LogP contribution in [0.5, 0.6) is 0 Å². The van der Waals surface area contributed by atoms with Crippen LogP contribution in [0.2, 0.25) is 0 Å². The minimum Gasteiger partial charge on any atom is -0.326 e. The molecule has 1 aliphatic rings. The fourth-order valence-electron chi connectivity index (χ4n) is 2.98. The Bertz CT molecular complexity index is 514. The Morgan fingerprint density at radius 1 is 1.09 bits per heavy atom. The predicted octanol–water partition coefficient (Wildman–Crippen LogP) is 4.11. The molecular weight excluding hydrogens is 272 g/mol. The fraction of sp³-hybridized carbons (Fsp3) is 0.526. The summed E-state index contributed by atoms with van der Waals surface area (Å²) in [6.45, 7) is 5.81.